The predicted molar refractivity (Wildman–Crippen MR) is 59.3 cm³/mol. The fourth-order valence-electron chi connectivity index (χ4n) is 1.79. The van der Waals surface area contributed by atoms with E-state index in [2.05, 4.69) is 11.5 Å². The summed E-state index contributed by atoms with van der Waals surface area (Å²) in [6.07, 6.45) is 1.96. The van der Waals surface area contributed by atoms with Crippen molar-refractivity contribution in [1.82, 2.24) is 4.90 Å². The molecule has 0 unspecified atom stereocenters. The van der Waals surface area contributed by atoms with Gasteiger partial charge in [0.2, 0.25) is 0 Å². The van der Waals surface area contributed by atoms with Crippen molar-refractivity contribution in [3.05, 3.63) is 12.2 Å². The lowest BCUT2D eigenvalue weighted by molar-refractivity contribution is -0.133. The molecule has 0 saturated carbocycles. The monoisotopic (exact) mass is 229 g/mol. The molecule has 0 aromatic heterocycles. The normalized spacial score (nSPS) is 18.6. The minimum atomic E-state index is -0.932. The molecule has 2 N–H and O–H groups in total. The van der Waals surface area contributed by atoms with Crippen LogP contribution in [0.15, 0.2) is 12.2 Å². The molecule has 0 aromatic carbocycles. The Balaban J connectivity index is 2.21. The molecule has 1 aliphatic heterocycles. The van der Waals surface area contributed by atoms with Crippen LogP contribution in [0.2, 0.25) is 0 Å². The maximum atomic E-state index is 10.6. The number of ether oxygens (including phenoxy) is 1. The molecule has 1 rings (SSSR count). The number of hydrogen-bond acceptors (Lipinski definition) is 4. The highest BCUT2D eigenvalue weighted by Crippen LogP contribution is 2.14. The van der Waals surface area contributed by atoms with Crippen LogP contribution in [0.1, 0.15) is 12.8 Å². The van der Waals surface area contributed by atoms with Crippen LogP contribution in [0.5, 0.6) is 0 Å². The minimum Gasteiger partial charge on any atom is -0.478 e. The number of aliphatic hydroxyl groups excluding tert-OH is 1. The zero-order valence-electron chi connectivity index (χ0n) is 9.39. The van der Waals surface area contributed by atoms with Gasteiger partial charge in [0.25, 0.3) is 0 Å². The Kier molecular flexibility index (Phi) is 5.45. The Bertz CT molecular complexity index is 246. The molecule has 16 heavy (non-hydrogen) atoms. The average Bonchev–Trinajstić information content (AvgIpc) is 2.28. The molecule has 92 valence electrons. The lowest BCUT2D eigenvalue weighted by atomic mass is 10.1. The number of rotatable bonds is 6. The molecular weight excluding hydrogens is 210 g/mol. The smallest absolute Gasteiger partial charge is 0.332 e. The highest BCUT2D eigenvalue weighted by atomic mass is 16.5. The maximum Gasteiger partial charge on any atom is 0.332 e. The molecule has 1 fully saturated rings. The number of carboxylic acids is 1. The summed E-state index contributed by atoms with van der Waals surface area (Å²) >= 11 is 0. The van der Waals surface area contributed by atoms with Crippen molar-refractivity contribution in [2.45, 2.75) is 18.9 Å². The molecule has 1 aliphatic rings. The summed E-state index contributed by atoms with van der Waals surface area (Å²) in [6.45, 7) is 6.01. The first-order valence-electron chi connectivity index (χ1n) is 5.49. The van der Waals surface area contributed by atoms with Crippen molar-refractivity contribution < 1.29 is 19.7 Å². The standard InChI is InChI=1S/C11H19NO4/c1-9(11(14)15)8-12-4-2-10(3-5-12)16-7-6-13/h10,13H,1-8H2,(H,14,15). The van der Waals surface area contributed by atoms with Gasteiger partial charge in [0.05, 0.1) is 19.3 Å². The SMILES string of the molecule is C=C(CN1CCC(OCCO)CC1)C(=O)O. The summed E-state index contributed by atoms with van der Waals surface area (Å²) in [5.74, 6) is -0.932. The van der Waals surface area contributed by atoms with Crippen LogP contribution < -0.4 is 0 Å². The van der Waals surface area contributed by atoms with Crippen LogP contribution in [0.4, 0.5) is 0 Å². The summed E-state index contributed by atoms with van der Waals surface area (Å²) in [6, 6.07) is 0. The fraction of sp³-hybridized carbons (Fsp3) is 0.727. The third-order valence-corrected chi connectivity index (χ3v) is 2.70. The molecule has 0 aliphatic carbocycles. The Labute approximate surface area is 95.3 Å². The second-order valence-electron chi connectivity index (χ2n) is 3.98. The van der Waals surface area contributed by atoms with Crippen molar-refractivity contribution in [2.24, 2.45) is 0 Å². The van der Waals surface area contributed by atoms with Gasteiger partial charge in [0, 0.05) is 25.2 Å². The second-order valence-corrected chi connectivity index (χ2v) is 3.98. The number of nitrogens with zero attached hydrogens (tertiary/aromatic N) is 1. The van der Waals surface area contributed by atoms with E-state index in [1.54, 1.807) is 0 Å². The average molecular weight is 229 g/mol. The number of hydrogen-bond donors (Lipinski definition) is 2. The first-order chi connectivity index (χ1) is 7.63. The van der Waals surface area contributed by atoms with Crippen molar-refractivity contribution in [2.75, 3.05) is 32.8 Å². The van der Waals surface area contributed by atoms with Gasteiger partial charge < -0.3 is 14.9 Å². The zero-order valence-corrected chi connectivity index (χ0v) is 9.39. The Morgan fingerprint density at radius 3 is 2.56 bits per heavy atom. The second kappa shape index (κ2) is 6.62. The maximum absolute atomic E-state index is 10.6. The largest absolute Gasteiger partial charge is 0.478 e. The van der Waals surface area contributed by atoms with Crippen molar-refractivity contribution in [3.63, 3.8) is 0 Å². The van der Waals surface area contributed by atoms with Gasteiger partial charge in [-0.3, -0.25) is 4.90 Å². The lowest BCUT2D eigenvalue weighted by Gasteiger charge is -2.31. The van der Waals surface area contributed by atoms with Crippen LogP contribution in [-0.4, -0.2) is 60.0 Å². The number of aliphatic carboxylic acids is 1. The minimum absolute atomic E-state index is 0.0516. The quantitative estimate of drug-likeness (QED) is 0.632. The number of likely N-dealkylation sites (tertiary alicyclic amines) is 1. The van der Waals surface area contributed by atoms with E-state index >= 15 is 0 Å². The van der Waals surface area contributed by atoms with Crippen LogP contribution in [0.25, 0.3) is 0 Å². The molecule has 0 atom stereocenters. The van der Waals surface area contributed by atoms with E-state index in [0.29, 0.717) is 13.2 Å². The third-order valence-electron chi connectivity index (χ3n) is 2.70. The summed E-state index contributed by atoms with van der Waals surface area (Å²) < 4.78 is 5.42. The highest BCUT2D eigenvalue weighted by molar-refractivity contribution is 5.86. The predicted octanol–water partition coefficient (Wildman–Crippen LogP) is 0.100. The molecular formula is C11H19NO4. The molecule has 5 heteroatoms. The Morgan fingerprint density at radius 2 is 2.06 bits per heavy atom. The molecule has 0 bridgehead atoms. The van der Waals surface area contributed by atoms with E-state index in [1.807, 2.05) is 0 Å². The van der Waals surface area contributed by atoms with E-state index in [4.69, 9.17) is 14.9 Å². The Hall–Kier alpha value is -0.910. The number of piperidine rings is 1. The number of carboxylic acid groups (broad SMARTS) is 1. The van der Waals surface area contributed by atoms with Gasteiger partial charge in [-0.25, -0.2) is 4.79 Å². The molecule has 0 amide bonds. The van der Waals surface area contributed by atoms with Crippen molar-refractivity contribution in [1.29, 1.82) is 0 Å². The number of aliphatic hydroxyl groups is 1. The van der Waals surface area contributed by atoms with Gasteiger partial charge in [-0.2, -0.15) is 0 Å². The van der Waals surface area contributed by atoms with Crippen LogP contribution in [-0.2, 0) is 9.53 Å². The first kappa shape index (κ1) is 13.2. The third kappa shape index (κ3) is 4.30. The first-order valence-corrected chi connectivity index (χ1v) is 5.49. The molecule has 1 saturated heterocycles. The van der Waals surface area contributed by atoms with Gasteiger partial charge in [-0.15, -0.1) is 0 Å². The van der Waals surface area contributed by atoms with Crippen LogP contribution >= 0.6 is 0 Å². The van der Waals surface area contributed by atoms with E-state index in [1.165, 1.54) is 0 Å². The summed E-state index contributed by atoms with van der Waals surface area (Å²) in [5.41, 5.74) is 0.231. The molecule has 0 radical (unpaired) electrons. The van der Waals surface area contributed by atoms with Gasteiger partial charge in [-0.1, -0.05) is 6.58 Å². The highest BCUT2D eigenvalue weighted by Gasteiger charge is 2.20. The molecule has 0 aromatic rings. The van der Waals surface area contributed by atoms with Crippen molar-refractivity contribution in [3.8, 4) is 0 Å². The van der Waals surface area contributed by atoms with Gasteiger partial charge in [0.1, 0.15) is 0 Å². The number of carbonyl (C=O) groups is 1. The van der Waals surface area contributed by atoms with E-state index in [0.717, 1.165) is 25.9 Å². The van der Waals surface area contributed by atoms with Crippen molar-refractivity contribution >= 4 is 5.97 Å². The van der Waals surface area contributed by atoms with Gasteiger partial charge in [0.15, 0.2) is 0 Å². The summed E-state index contributed by atoms with van der Waals surface area (Å²) in [5, 5.41) is 17.3. The lowest BCUT2D eigenvalue weighted by Crippen LogP contribution is -2.39. The van der Waals surface area contributed by atoms with E-state index in [9.17, 15) is 4.79 Å². The summed E-state index contributed by atoms with van der Waals surface area (Å²) in [4.78, 5) is 12.7. The molecule has 1 heterocycles. The van der Waals surface area contributed by atoms with Crippen LogP contribution in [0, 0.1) is 0 Å². The molecule has 0 spiro atoms. The van der Waals surface area contributed by atoms with Gasteiger partial charge >= 0.3 is 5.97 Å². The summed E-state index contributed by atoms with van der Waals surface area (Å²) in [7, 11) is 0. The van der Waals surface area contributed by atoms with Gasteiger partial charge in [-0.05, 0) is 12.8 Å². The van der Waals surface area contributed by atoms with E-state index in [-0.39, 0.29) is 18.3 Å². The molecule has 5 nitrogen and oxygen atoms in total. The Morgan fingerprint density at radius 1 is 1.44 bits per heavy atom. The fourth-order valence-corrected chi connectivity index (χ4v) is 1.79. The van der Waals surface area contributed by atoms with Crippen LogP contribution in [0.3, 0.4) is 0 Å². The van der Waals surface area contributed by atoms with E-state index < -0.39 is 5.97 Å². The topological polar surface area (TPSA) is 70.0 Å². The zero-order chi connectivity index (χ0) is 12.0.